The molecule has 1 aromatic carbocycles. The summed E-state index contributed by atoms with van der Waals surface area (Å²) in [6.45, 7) is 6.66. The van der Waals surface area contributed by atoms with Crippen LogP contribution < -0.4 is 15.4 Å². The molecule has 0 radical (unpaired) electrons. The van der Waals surface area contributed by atoms with E-state index in [1.165, 1.54) is 11.3 Å². The van der Waals surface area contributed by atoms with Crippen molar-refractivity contribution in [1.82, 2.24) is 4.98 Å². The number of hydrogen-bond acceptors (Lipinski definition) is 6. The molecule has 0 bridgehead atoms. The molecule has 0 saturated carbocycles. The smallest absolute Gasteiger partial charge is 0.261 e. The summed E-state index contributed by atoms with van der Waals surface area (Å²) in [5, 5.41) is 7.86. The summed E-state index contributed by atoms with van der Waals surface area (Å²) >= 11 is 1.33. The molecule has 7 nitrogen and oxygen atoms in total. The Balaban J connectivity index is 2.17. The van der Waals surface area contributed by atoms with Crippen LogP contribution in [-0.4, -0.2) is 37.1 Å². The minimum Gasteiger partial charge on any atom is -0.490 e. The van der Waals surface area contributed by atoms with E-state index >= 15 is 0 Å². The fourth-order valence-corrected chi connectivity index (χ4v) is 2.80. The number of thiazole rings is 1. The highest BCUT2D eigenvalue weighted by atomic mass is 32.1. The van der Waals surface area contributed by atoms with Gasteiger partial charge in [0.25, 0.3) is 5.91 Å². The summed E-state index contributed by atoms with van der Waals surface area (Å²) in [7, 11) is 1.57. The SMILES string of the molecule is COCCOc1cc(NC(=O)CC(C)(C)C)ccc1C(=O)Nc1nccs1. The fourth-order valence-electron chi connectivity index (χ4n) is 2.28. The van der Waals surface area contributed by atoms with Crippen molar-refractivity contribution < 1.29 is 19.1 Å². The predicted octanol–water partition coefficient (Wildman–Crippen LogP) is 3.80. The third-order valence-corrected chi connectivity index (χ3v) is 4.09. The van der Waals surface area contributed by atoms with Crippen molar-refractivity contribution in [3.05, 3.63) is 35.3 Å². The number of nitrogens with zero attached hydrogens (tertiary/aromatic N) is 1. The molecule has 0 saturated heterocycles. The number of carbonyl (C=O) groups excluding carboxylic acids is 2. The molecule has 2 amide bonds. The lowest BCUT2D eigenvalue weighted by Crippen LogP contribution is -2.20. The first kappa shape index (κ1) is 20.9. The minimum absolute atomic E-state index is 0.0923. The Morgan fingerprint density at radius 3 is 2.59 bits per heavy atom. The van der Waals surface area contributed by atoms with Crippen LogP contribution in [-0.2, 0) is 9.53 Å². The van der Waals surface area contributed by atoms with Crippen LogP contribution in [0.1, 0.15) is 37.6 Å². The van der Waals surface area contributed by atoms with Gasteiger partial charge in [-0.15, -0.1) is 11.3 Å². The standard InChI is InChI=1S/C19H25N3O4S/c1-19(2,3)12-16(23)21-13-5-6-14(15(11-13)26-9-8-25-4)17(24)22-18-20-7-10-27-18/h5-7,10-11H,8-9,12H2,1-4H3,(H,21,23)(H,20,22,24). The third kappa shape index (κ3) is 6.99. The molecule has 1 aromatic heterocycles. The predicted molar refractivity (Wildman–Crippen MR) is 107 cm³/mol. The highest BCUT2D eigenvalue weighted by Crippen LogP contribution is 2.26. The van der Waals surface area contributed by atoms with Crippen LogP contribution in [0.15, 0.2) is 29.8 Å². The molecule has 0 aliphatic heterocycles. The molecule has 0 fully saturated rings. The maximum atomic E-state index is 12.5. The van der Waals surface area contributed by atoms with Gasteiger partial charge in [-0.3, -0.25) is 14.9 Å². The lowest BCUT2D eigenvalue weighted by atomic mass is 9.92. The summed E-state index contributed by atoms with van der Waals surface area (Å²) in [4.78, 5) is 28.8. The number of amides is 2. The van der Waals surface area contributed by atoms with Crippen LogP contribution >= 0.6 is 11.3 Å². The maximum Gasteiger partial charge on any atom is 0.261 e. The van der Waals surface area contributed by atoms with E-state index in [0.29, 0.717) is 35.2 Å². The van der Waals surface area contributed by atoms with E-state index in [9.17, 15) is 9.59 Å². The summed E-state index contributed by atoms with van der Waals surface area (Å²) < 4.78 is 10.7. The number of benzene rings is 1. The summed E-state index contributed by atoms with van der Waals surface area (Å²) in [5.74, 6) is -0.0510. The van der Waals surface area contributed by atoms with Gasteiger partial charge in [0.1, 0.15) is 12.4 Å². The van der Waals surface area contributed by atoms with Gasteiger partial charge in [0.15, 0.2) is 5.13 Å². The Bertz CT molecular complexity index is 770. The number of carbonyl (C=O) groups is 2. The van der Waals surface area contributed by atoms with Crippen LogP contribution in [0.3, 0.4) is 0 Å². The average Bonchev–Trinajstić information content (AvgIpc) is 3.06. The van der Waals surface area contributed by atoms with Gasteiger partial charge >= 0.3 is 0 Å². The first-order valence-electron chi connectivity index (χ1n) is 8.55. The molecule has 0 atom stereocenters. The normalized spacial score (nSPS) is 11.1. The average molecular weight is 391 g/mol. The van der Waals surface area contributed by atoms with E-state index < -0.39 is 0 Å². The Morgan fingerprint density at radius 1 is 1.19 bits per heavy atom. The largest absolute Gasteiger partial charge is 0.490 e. The lowest BCUT2D eigenvalue weighted by Gasteiger charge is -2.18. The van der Waals surface area contributed by atoms with Gasteiger partial charge in [-0.2, -0.15) is 0 Å². The molecule has 0 unspecified atom stereocenters. The zero-order valence-electron chi connectivity index (χ0n) is 16.0. The van der Waals surface area contributed by atoms with E-state index in [-0.39, 0.29) is 23.8 Å². The Hall–Kier alpha value is -2.45. The Morgan fingerprint density at radius 2 is 1.96 bits per heavy atom. The molecule has 2 N–H and O–H groups in total. The van der Waals surface area contributed by atoms with Crippen molar-refractivity contribution in [2.24, 2.45) is 5.41 Å². The van der Waals surface area contributed by atoms with Gasteiger partial charge in [0.2, 0.25) is 5.91 Å². The van der Waals surface area contributed by atoms with Gasteiger partial charge in [-0.1, -0.05) is 20.8 Å². The first-order valence-corrected chi connectivity index (χ1v) is 9.43. The number of aromatic nitrogens is 1. The third-order valence-electron chi connectivity index (χ3n) is 3.40. The highest BCUT2D eigenvalue weighted by molar-refractivity contribution is 7.13. The van der Waals surface area contributed by atoms with Crippen molar-refractivity contribution in [3.8, 4) is 5.75 Å². The highest BCUT2D eigenvalue weighted by Gasteiger charge is 2.18. The molecule has 0 spiro atoms. The summed E-state index contributed by atoms with van der Waals surface area (Å²) in [6, 6.07) is 4.95. The van der Waals surface area contributed by atoms with E-state index in [1.54, 1.807) is 36.9 Å². The molecular formula is C19H25N3O4S. The van der Waals surface area contributed by atoms with Crippen LogP contribution in [0.25, 0.3) is 0 Å². The summed E-state index contributed by atoms with van der Waals surface area (Å²) in [6.07, 6.45) is 2.00. The topological polar surface area (TPSA) is 89.5 Å². The Kier molecular flexibility index (Phi) is 7.32. The number of ether oxygens (including phenoxy) is 2. The van der Waals surface area contributed by atoms with Crippen LogP contribution in [0.4, 0.5) is 10.8 Å². The number of nitrogens with one attached hydrogen (secondary N) is 2. The molecule has 2 aromatic rings. The van der Waals surface area contributed by atoms with Crippen LogP contribution in [0.5, 0.6) is 5.75 Å². The lowest BCUT2D eigenvalue weighted by molar-refractivity contribution is -0.117. The fraction of sp³-hybridized carbons (Fsp3) is 0.421. The van der Waals surface area contributed by atoms with E-state index in [0.717, 1.165) is 0 Å². The van der Waals surface area contributed by atoms with Crippen LogP contribution in [0, 0.1) is 5.41 Å². The van der Waals surface area contributed by atoms with Crippen molar-refractivity contribution in [1.29, 1.82) is 0 Å². The van der Waals surface area contributed by atoms with E-state index in [1.807, 2.05) is 20.8 Å². The molecule has 27 heavy (non-hydrogen) atoms. The Labute approximate surface area is 163 Å². The van der Waals surface area contributed by atoms with Crippen LogP contribution in [0.2, 0.25) is 0 Å². The van der Waals surface area contributed by atoms with Crippen molar-refractivity contribution in [2.45, 2.75) is 27.2 Å². The quantitative estimate of drug-likeness (QED) is 0.668. The van der Waals surface area contributed by atoms with E-state index in [4.69, 9.17) is 9.47 Å². The molecule has 146 valence electrons. The molecule has 2 rings (SSSR count). The molecular weight excluding hydrogens is 366 g/mol. The van der Waals surface area contributed by atoms with Crippen molar-refractivity contribution in [2.75, 3.05) is 31.0 Å². The number of methoxy groups -OCH3 is 1. The number of rotatable bonds is 8. The number of anilines is 2. The van der Waals surface area contributed by atoms with Gasteiger partial charge < -0.3 is 14.8 Å². The van der Waals surface area contributed by atoms with E-state index in [2.05, 4.69) is 15.6 Å². The minimum atomic E-state index is -0.329. The molecule has 0 aliphatic rings. The van der Waals surface area contributed by atoms with Crippen molar-refractivity contribution in [3.63, 3.8) is 0 Å². The number of hydrogen-bond donors (Lipinski definition) is 2. The van der Waals surface area contributed by atoms with Gasteiger partial charge in [0, 0.05) is 36.9 Å². The zero-order valence-corrected chi connectivity index (χ0v) is 16.8. The second kappa shape index (κ2) is 9.48. The molecule has 8 heteroatoms. The molecule has 1 heterocycles. The summed E-state index contributed by atoms with van der Waals surface area (Å²) in [5.41, 5.74) is 0.813. The second-order valence-electron chi connectivity index (χ2n) is 7.13. The maximum absolute atomic E-state index is 12.5. The molecule has 0 aliphatic carbocycles. The monoisotopic (exact) mass is 391 g/mol. The van der Waals surface area contributed by atoms with Gasteiger partial charge in [0.05, 0.1) is 12.2 Å². The van der Waals surface area contributed by atoms with Gasteiger partial charge in [-0.05, 0) is 17.5 Å². The first-order chi connectivity index (χ1) is 12.8. The second-order valence-corrected chi connectivity index (χ2v) is 8.02. The van der Waals surface area contributed by atoms with Gasteiger partial charge in [-0.25, -0.2) is 4.98 Å². The zero-order chi connectivity index (χ0) is 19.9. The van der Waals surface area contributed by atoms with Crippen molar-refractivity contribution >= 4 is 34.0 Å².